The second-order valence-corrected chi connectivity index (χ2v) is 13.4. The van der Waals surface area contributed by atoms with Crippen LogP contribution in [0.1, 0.15) is 120 Å². The molecule has 0 N–H and O–H groups in total. The number of rotatable bonds is 12. The molecule has 2 heterocycles. The molecule has 0 radical (unpaired) electrons. The molecule has 236 valence electrons. The minimum absolute atomic E-state index is 0.229. The van der Waals surface area contributed by atoms with Gasteiger partial charge in [0.15, 0.2) is 0 Å². The van der Waals surface area contributed by atoms with Gasteiger partial charge in [-0.15, -0.1) is 0 Å². The largest absolute Gasteiger partial charge is 0.274 e. The van der Waals surface area contributed by atoms with Gasteiger partial charge in [0.05, 0.1) is 0 Å². The topological polar surface area (TPSA) is 74.8 Å². The Morgan fingerprint density at radius 1 is 0.457 bits per heavy atom. The van der Waals surface area contributed by atoms with Crippen molar-refractivity contribution in [3.8, 4) is 0 Å². The Morgan fingerprint density at radius 2 is 0.761 bits per heavy atom. The van der Waals surface area contributed by atoms with Crippen molar-refractivity contribution in [2.24, 2.45) is 11.8 Å². The van der Waals surface area contributed by atoms with Crippen molar-refractivity contribution in [2.45, 2.75) is 79.1 Å². The smallest absolute Gasteiger partial charge is 0.261 e. The minimum Gasteiger partial charge on any atom is -0.274 e. The van der Waals surface area contributed by atoms with E-state index in [1.165, 1.54) is 9.80 Å². The fraction of sp³-hybridized carbons (Fsp3) is 0.400. The quantitative estimate of drug-likeness (QED) is 0.0797. The van der Waals surface area contributed by atoms with E-state index in [0.29, 0.717) is 46.1 Å². The Bertz CT molecular complexity index is 1790. The molecule has 5 aromatic rings. The lowest BCUT2D eigenvalue weighted by molar-refractivity contribution is 0.0565. The first-order valence-corrected chi connectivity index (χ1v) is 17.3. The van der Waals surface area contributed by atoms with Crippen LogP contribution in [-0.4, -0.2) is 46.5 Å². The maximum Gasteiger partial charge on any atom is 0.261 e. The van der Waals surface area contributed by atoms with Crippen molar-refractivity contribution in [1.82, 2.24) is 9.80 Å². The van der Waals surface area contributed by atoms with Crippen LogP contribution < -0.4 is 0 Å². The van der Waals surface area contributed by atoms with E-state index in [-0.39, 0.29) is 35.5 Å². The second-order valence-electron chi connectivity index (χ2n) is 13.4. The fourth-order valence-electron chi connectivity index (χ4n) is 8.05. The van der Waals surface area contributed by atoms with E-state index in [4.69, 9.17) is 0 Å². The summed E-state index contributed by atoms with van der Waals surface area (Å²) in [5.41, 5.74) is 2.24. The third-order valence-electron chi connectivity index (χ3n) is 10.8. The van der Waals surface area contributed by atoms with Crippen LogP contribution in [0.3, 0.4) is 0 Å². The normalized spacial score (nSPS) is 16.2. The number of carbonyl (C=O) groups excluding carboxylic acids is 4. The maximum absolute atomic E-state index is 13.9. The molecule has 0 aromatic heterocycles. The van der Waals surface area contributed by atoms with E-state index in [9.17, 15) is 19.2 Å². The number of amides is 4. The van der Waals surface area contributed by atoms with E-state index in [2.05, 4.69) is 27.7 Å². The Hall–Kier alpha value is -4.32. The highest BCUT2D eigenvalue weighted by Gasteiger charge is 2.37. The molecule has 0 aliphatic carbocycles. The summed E-state index contributed by atoms with van der Waals surface area (Å²) in [6, 6.07) is 15.4. The Labute approximate surface area is 270 Å². The van der Waals surface area contributed by atoms with Gasteiger partial charge in [0.1, 0.15) is 0 Å². The molecule has 6 nitrogen and oxygen atoms in total. The minimum atomic E-state index is -0.229. The van der Waals surface area contributed by atoms with Crippen LogP contribution in [0.25, 0.3) is 43.1 Å². The monoisotopic (exact) mass is 614 g/mol. The SMILES string of the molecule is CCCC[C@@H](CC)CN1C(=O)c2ccc3c4ccc5c6c(ccc(c7ccc(c2c37)C1=O)c64)C(=O)N(C[C@@H](CC)CCCC)C5=O. The van der Waals surface area contributed by atoms with E-state index in [1.54, 1.807) is 0 Å². The fourth-order valence-corrected chi connectivity index (χ4v) is 8.05. The van der Waals surface area contributed by atoms with Crippen LogP contribution in [0, 0.1) is 11.8 Å². The van der Waals surface area contributed by atoms with Gasteiger partial charge in [-0.3, -0.25) is 29.0 Å². The number of hydrogen-bond acceptors (Lipinski definition) is 4. The Balaban J connectivity index is 1.38. The summed E-state index contributed by atoms with van der Waals surface area (Å²) in [5.74, 6) is -0.361. The van der Waals surface area contributed by atoms with Gasteiger partial charge in [-0.1, -0.05) is 90.5 Å². The number of carbonyl (C=O) groups is 4. The molecular weight excluding hydrogens is 572 g/mol. The Kier molecular flexibility index (Phi) is 7.78. The van der Waals surface area contributed by atoms with Crippen molar-refractivity contribution in [3.05, 3.63) is 70.8 Å². The highest BCUT2D eigenvalue weighted by atomic mass is 16.2. The van der Waals surface area contributed by atoms with Gasteiger partial charge in [0.25, 0.3) is 23.6 Å². The summed E-state index contributed by atoms with van der Waals surface area (Å²) in [6.45, 7) is 9.44. The van der Waals surface area contributed by atoms with Gasteiger partial charge in [0, 0.05) is 46.1 Å². The first-order chi connectivity index (χ1) is 22.3. The van der Waals surface area contributed by atoms with Crippen LogP contribution >= 0.6 is 0 Å². The number of hydrogen-bond donors (Lipinski definition) is 0. The van der Waals surface area contributed by atoms with Crippen LogP contribution in [0.4, 0.5) is 0 Å². The van der Waals surface area contributed by atoms with Crippen molar-refractivity contribution in [3.63, 3.8) is 0 Å². The van der Waals surface area contributed by atoms with Gasteiger partial charge in [-0.25, -0.2) is 0 Å². The molecule has 2 aliphatic heterocycles. The molecule has 0 saturated heterocycles. The molecule has 7 rings (SSSR count). The van der Waals surface area contributed by atoms with Crippen molar-refractivity contribution in [1.29, 1.82) is 0 Å². The molecule has 2 atom stereocenters. The molecule has 46 heavy (non-hydrogen) atoms. The van der Waals surface area contributed by atoms with E-state index in [0.717, 1.165) is 83.7 Å². The molecular formula is C40H42N2O4. The van der Waals surface area contributed by atoms with Gasteiger partial charge in [-0.05, 0) is 81.3 Å². The van der Waals surface area contributed by atoms with Gasteiger partial charge in [-0.2, -0.15) is 0 Å². The first-order valence-electron chi connectivity index (χ1n) is 17.3. The zero-order chi connectivity index (χ0) is 32.3. The third-order valence-corrected chi connectivity index (χ3v) is 10.8. The molecule has 6 heteroatoms. The van der Waals surface area contributed by atoms with Crippen molar-refractivity contribution in [2.75, 3.05) is 13.1 Å². The number of nitrogens with zero attached hydrogens (tertiary/aromatic N) is 2. The van der Waals surface area contributed by atoms with E-state index in [1.807, 2.05) is 48.5 Å². The molecule has 0 bridgehead atoms. The maximum atomic E-state index is 13.9. The number of fused-ring (bicyclic) bond motifs is 2. The second kappa shape index (κ2) is 11.8. The van der Waals surface area contributed by atoms with Crippen LogP contribution in [0.5, 0.6) is 0 Å². The molecule has 0 saturated carbocycles. The highest BCUT2D eigenvalue weighted by Crippen LogP contribution is 2.46. The van der Waals surface area contributed by atoms with Crippen LogP contribution in [0.2, 0.25) is 0 Å². The molecule has 5 aromatic carbocycles. The summed E-state index contributed by atoms with van der Waals surface area (Å²) in [5, 5.41) is 6.87. The zero-order valence-corrected chi connectivity index (χ0v) is 27.4. The van der Waals surface area contributed by atoms with Gasteiger partial charge < -0.3 is 0 Å². The lowest BCUT2D eigenvalue weighted by Gasteiger charge is -2.32. The first kappa shape index (κ1) is 30.3. The predicted octanol–water partition coefficient (Wildman–Crippen LogP) is 9.36. The lowest BCUT2D eigenvalue weighted by Crippen LogP contribution is -2.43. The third kappa shape index (κ3) is 4.44. The highest BCUT2D eigenvalue weighted by molar-refractivity contribution is 6.41. The number of benzene rings is 5. The average Bonchev–Trinajstić information content (AvgIpc) is 3.08. The van der Waals surface area contributed by atoms with E-state index < -0.39 is 0 Å². The summed E-state index contributed by atoms with van der Waals surface area (Å²) in [4.78, 5) is 58.6. The number of unbranched alkanes of at least 4 members (excludes halogenated alkanes) is 2. The van der Waals surface area contributed by atoms with Gasteiger partial charge >= 0.3 is 0 Å². The van der Waals surface area contributed by atoms with Crippen molar-refractivity contribution < 1.29 is 19.2 Å². The molecule has 0 unspecified atom stereocenters. The molecule has 4 amide bonds. The standard InChI is InChI=1S/C40H42N2O4/c1-5-9-11-23(7-3)21-41-37(43)29-17-13-25-27-15-19-31-36-32(40(46)42(39(31)45)22-24(8-4)12-10-6-2)20-16-28(34(27)36)26-14-18-30(38(41)44)35(29)33(25)26/h13-20,23-24H,5-12,21-22H2,1-4H3/t23-,24+. The molecule has 0 spiro atoms. The summed E-state index contributed by atoms with van der Waals surface area (Å²) < 4.78 is 0. The van der Waals surface area contributed by atoms with Crippen molar-refractivity contribution >= 4 is 66.7 Å². The molecule has 0 fully saturated rings. The summed E-state index contributed by atoms with van der Waals surface area (Å²) in [6.07, 6.45) is 8.16. The lowest BCUT2D eigenvalue weighted by atomic mass is 9.82. The molecule has 2 aliphatic rings. The zero-order valence-electron chi connectivity index (χ0n) is 27.4. The van der Waals surface area contributed by atoms with Crippen LogP contribution in [-0.2, 0) is 0 Å². The number of imide groups is 2. The van der Waals surface area contributed by atoms with Gasteiger partial charge in [0.2, 0.25) is 0 Å². The predicted molar refractivity (Wildman–Crippen MR) is 185 cm³/mol. The summed E-state index contributed by atoms with van der Waals surface area (Å²) >= 11 is 0. The average molecular weight is 615 g/mol. The summed E-state index contributed by atoms with van der Waals surface area (Å²) in [7, 11) is 0. The Morgan fingerprint density at radius 3 is 1.02 bits per heavy atom. The van der Waals surface area contributed by atoms with E-state index >= 15 is 0 Å². The van der Waals surface area contributed by atoms with Crippen LogP contribution in [0.15, 0.2) is 48.5 Å².